The van der Waals surface area contributed by atoms with E-state index >= 15 is 0 Å². The molecule has 4 rings (SSSR count). The van der Waals surface area contributed by atoms with Crippen LogP contribution in [0.15, 0.2) is 54.7 Å². The van der Waals surface area contributed by atoms with Crippen LogP contribution in [0.1, 0.15) is 37.9 Å². The van der Waals surface area contributed by atoms with Gasteiger partial charge in [-0.2, -0.15) is 13.2 Å². The van der Waals surface area contributed by atoms with Crippen LogP contribution in [0.2, 0.25) is 0 Å². The highest BCUT2D eigenvalue weighted by Crippen LogP contribution is 2.36. The third-order valence-corrected chi connectivity index (χ3v) is 7.51. The molecule has 3 heterocycles. The Kier molecular flexibility index (Phi) is 10.4. The summed E-state index contributed by atoms with van der Waals surface area (Å²) in [6.07, 6.45) is -2.06. The first-order chi connectivity index (χ1) is 19.7. The lowest BCUT2D eigenvalue weighted by Gasteiger charge is -2.45. The number of carbonyl (C=O) groups excluding carboxylic acids is 4. The van der Waals surface area contributed by atoms with Gasteiger partial charge in [0.15, 0.2) is 0 Å². The molecule has 0 aliphatic carbocycles. The largest absolute Gasteiger partial charge is 0.406 e. The third kappa shape index (κ3) is 7.82. The van der Waals surface area contributed by atoms with Crippen molar-refractivity contribution < 1.29 is 32.3 Å². The van der Waals surface area contributed by atoms with Crippen molar-refractivity contribution in [1.29, 1.82) is 0 Å². The van der Waals surface area contributed by atoms with Gasteiger partial charge in [0.1, 0.15) is 18.1 Å². The number of carbonyl (C=O) groups is 4. The number of nitrogens with two attached hydrogens (primary N) is 1. The lowest BCUT2D eigenvalue weighted by molar-refractivity contribution is -0.157. The number of nitrogens with one attached hydrogen (secondary N) is 1. The van der Waals surface area contributed by atoms with E-state index in [0.717, 1.165) is 10.5 Å². The van der Waals surface area contributed by atoms with Gasteiger partial charge < -0.3 is 20.9 Å². The van der Waals surface area contributed by atoms with Crippen molar-refractivity contribution in [3.05, 3.63) is 66.0 Å². The van der Waals surface area contributed by atoms with E-state index in [1.54, 1.807) is 18.2 Å². The normalized spacial score (nSPS) is 19.5. The van der Waals surface area contributed by atoms with Gasteiger partial charge in [0, 0.05) is 31.4 Å². The van der Waals surface area contributed by atoms with E-state index in [4.69, 9.17) is 5.73 Å². The van der Waals surface area contributed by atoms with Gasteiger partial charge in [0.2, 0.25) is 11.8 Å². The lowest BCUT2D eigenvalue weighted by atomic mass is 9.88. The fourth-order valence-corrected chi connectivity index (χ4v) is 5.37. The summed E-state index contributed by atoms with van der Waals surface area (Å²) in [5.41, 5.74) is 4.35. The van der Waals surface area contributed by atoms with Gasteiger partial charge in [-0.05, 0) is 50.8 Å². The standard InChI is InChI=1S/C29H35F3N6O4.ClH/c1-27(2,33)24(40)35-22(13-8-11-20-9-4-3-5-10-20)23(39)36-15-16-38-26(42)37(19-29(30,31)32)25(41)28(38,18-36)17-21-12-6-7-14-34-21;/h3-7,9-10,12,14,22H,8,11,13,15-19,33H2,1-2H3,(H,35,40);1H/t22-,28+;/m1./s1. The van der Waals surface area contributed by atoms with Gasteiger partial charge in [-0.1, -0.05) is 36.4 Å². The summed E-state index contributed by atoms with van der Waals surface area (Å²) in [5, 5.41) is 2.73. The van der Waals surface area contributed by atoms with E-state index in [9.17, 15) is 32.3 Å². The van der Waals surface area contributed by atoms with Crippen molar-refractivity contribution in [2.75, 3.05) is 26.2 Å². The number of halogens is 4. The molecule has 5 amide bonds. The Hall–Kier alpha value is -3.71. The first kappa shape index (κ1) is 33.8. The zero-order valence-corrected chi connectivity index (χ0v) is 24.8. The number of fused-ring (bicyclic) bond motifs is 1. The van der Waals surface area contributed by atoms with E-state index in [-0.39, 0.29) is 49.8 Å². The average molecular weight is 625 g/mol. The van der Waals surface area contributed by atoms with E-state index < -0.39 is 53.6 Å². The smallest absolute Gasteiger partial charge is 0.343 e. The minimum absolute atomic E-state index is 0. The maximum absolute atomic E-state index is 13.9. The number of rotatable bonds is 10. The molecule has 2 aliphatic rings. The second kappa shape index (κ2) is 13.3. The summed E-state index contributed by atoms with van der Waals surface area (Å²) in [7, 11) is 0. The van der Waals surface area contributed by atoms with Gasteiger partial charge in [0.25, 0.3) is 5.91 Å². The number of pyridine rings is 1. The van der Waals surface area contributed by atoms with E-state index in [2.05, 4.69) is 10.3 Å². The molecule has 1 aromatic heterocycles. The summed E-state index contributed by atoms with van der Waals surface area (Å²) in [5.74, 6) is -2.10. The Morgan fingerprint density at radius 3 is 2.35 bits per heavy atom. The van der Waals surface area contributed by atoms with Crippen molar-refractivity contribution in [3.63, 3.8) is 0 Å². The molecule has 43 heavy (non-hydrogen) atoms. The highest BCUT2D eigenvalue weighted by atomic mass is 35.5. The Labute approximate surface area is 254 Å². The van der Waals surface area contributed by atoms with Crippen LogP contribution >= 0.6 is 12.4 Å². The van der Waals surface area contributed by atoms with Crippen LogP contribution in [-0.4, -0.2) is 92.9 Å². The Bertz CT molecular complexity index is 1310. The van der Waals surface area contributed by atoms with E-state index in [1.165, 1.54) is 24.9 Å². The zero-order chi connectivity index (χ0) is 30.7. The van der Waals surface area contributed by atoms with Crippen LogP contribution in [0, 0.1) is 0 Å². The molecule has 2 saturated heterocycles. The SMILES string of the molecule is CC(C)(N)C(=O)N[C@H](CCCc1ccccc1)C(=O)N1CCN2C(=O)N(CC(F)(F)F)C(=O)[C@]2(Cc2ccccn2)C1.Cl. The van der Waals surface area contributed by atoms with E-state index in [1.807, 2.05) is 30.3 Å². The van der Waals surface area contributed by atoms with Crippen molar-refractivity contribution >= 4 is 36.2 Å². The highest BCUT2D eigenvalue weighted by Gasteiger charge is 2.61. The van der Waals surface area contributed by atoms with Crippen molar-refractivity contribution in [3.8, 4) is 0 Å². The molecule has 2 fully saturated rings. The Morgan fingerprint density at radius 1 is 1.07 bits per heavy atom. The first-order valence-electron chi connectivity index (χ1n) is 13.7. The molecule has 3 N–H and O–H groups in total. The molecular weight excluding hydrogens is 589 g/mol. The second-order valence-corrected chi connectivity index (χ2v) is 11.4. The number of urea groups is 1. The van der Waals surface area contributed by atoms with Crippen LogP contribution in [0.4, 0.5) is 18.0 Å². The molecule has 0 radical (unpaired) electrons. The molecule has 0 saturated carbocycles. The van der Waals surface area contributed by atoms with Crippen LogP contribution in [0.5, 0.6) is 0 Å². The molecule has 0 bridgehead atoms. The maximum atomic E-state index is 13.9. The molecule has 234 valence electrons. The average Bonchev–Trinajstić information content (AvgIpc) is 3.12. The minimum atomic E-state index is -4.80. The maximum Gasteiger partial charge on any atom is 0.406 e. The number of alkyl halides is 3. The van der Waals surface area contributed by atoms with Crippen LogP contribution < -0.4 is 11.1 Å². The van der Waals surface area contributed by atoms with Crippen LogP contribution in [0.25, 0.3) is 0 Å². The quantitative estimate of drug-likeness (QED) is 0.391. The van der Waals surface area contributed by atoms with Gasteiger partial charge >= 0.3 is 12.2 Å². The number of amides is 5. The van der Waals surface area contributed by atoms with Crippen molar-refractivity contribution in [1.82, 2.24) is 25.0 Å². The number of hydrogen-bond donors (Lipinski definition) is 2. The lowest BCUT2D eigenvalue weighted by Crippen LogP contribution is -2.67. The number of piperazine rings is 1. The van der Waals surface area contributed by atoms with Gasteiger partial charge in [-0.15, -0.1) is 12.4 Å². The molecule has 2 aliphatic heterocycles. The number of hydrogen-bond acceptors (Lipinski definition) is 6. The first-order valence-corrected chi connectivity index (χ1v) is 13.7. The summed E-state index contributed by atoms with van der Waals surface area (Å²) in [4.78, 5) is 60.4. The summed E-state index contributed by atoms with van der Waals surface area (Å²) in [6, 6.07) is 12.5. The second-order valence-electron chi connectivity index (χ2n) is 11.4. The molecule has 2 aromatic rings. The third-order valence-electron chi connectivity index (χ3n) is 7.51. The molecule has 10 nitrogen and oxygen atoms in total. The fourth-order valence-electron chi connectivity index (χ4n) is 5.37. The topological polar surface area (TPSA) is 129 Å². The fraction of sp³-hybridized carbons (Fsp3) is 0.483. The zero-order valence-electron chi connectivity index (χ0n) is 24.0. The summed E-state index contributed by atoms with van der Waals surface area (Å²) >= 11 is 0. The molecule has 0 spiro atoms. The minimum Gasteiger partial charge on any atom is -0.343 e. The molecular formula is C29H36ClF3N6O4. The number of nitrogens with zero attached hydrogens (tertiary/aromatic N) is 4. The van der Waals surface area contributed by atoms with Crippen LogP contribution in [-0.2, 0) is 27.2 Å². The number of aryl methyl sites for hydroxylation is 1. The number of benzene rings is 1. The summed E-state index contributed by atoms with van der Waals surface area (Å²) in [6.45, 7) is 0.740. The number of aromatic nitrogens is 1. The number of imide groups is 1. The van der Waals surface area contributed by atoms with E-state index in [0.29, 0.717) is 18.5 Å². The predicted octanol–water partition coefficient (Wildman–Crippen LogP) is 2.70. The Balaban J connectivity index is 0.00000506. The predicted molar refractivity (Wildman–Crippen MR) is 154 cm³/mol. The van der Waals surface area contributed by atoms with Crippen molar-refractivity contribution in [2.24, 2.45) is 5.73 Å². The monoisotopic (exact) mass is 624 g/mol. The molecule has 14 heteroatoms. The Morgan fingerprint density at radius 2 is 1.74 bits per heavy atom. The van der Waals surface area contributed by atoms with Crippen molar-refractivity contribution in [2.45, 2.75) is 62.8 Å². The van der Waals surface area contributed by atoms with Gasteiger partial charge in [-0.3, -0.25) is 24.3 Å². The molecule has 0 unspecified atom stereocenters. The highest BCUT2D eigenvalue weighted by molar-refractivity contribution is 6.08. The van der Waals surface area contributed by atoms with Gasteiger partial charge in [-0.25, -0.2) is 4.79 Å². The molecule has 1 aromatic carbocycles. The van der Waals surface area contributed by atoms with Crippen LogP contribution in [0.3, 0.4) is 0 Å². The van der Waals surface area contributed by atoms with Gasteiger partial charge in [0.05, 0.1) is 12.1 Å². The summed E-state index contributed by atoms with van der Waals surface area (Å²) < 4.78 is 40.1. The molecule has 2 atom stereocenters.